The van der Waals surface area contributed by atoms with E-state index in [1.54, 1.807) is 7.11 Å². The Morgan fingerprint density at radius 3 is 2.64 bits per heavy atom. The first-order valence-electron chi connectivity index (χ1n) is 8.07. The summed E-state index contributed by atoms with van der Waals surface area (Å²) in [6, 6.07) is 7.28. The minimum Gasteiger partial charge on any atom is -0.378 e. The molecule has 134 valence electrons. The highest BCUT2D eigenvalue weighted by atomic mass is 32.2. The van der Waals surface area contributed by atoms with Gasteiger partial charge in [0.15, 0.2) is 5.16 Å². The number of nitrogens with one attached hydrogen (secondary N) is 2. The van der Waals surface area contributed by atoms with Crippen LogP contribution in [0, 0.1) is 13.8 Å². The van der Waals surface area contributed by atoms with E-state index >= 15 is 0 Å². The third-order valence-corrected chi connectivity index (χ3v) is 4.96. The molecule has 1 aromatic heterocycles. The normalized spacial score (nSPS) is 12.0. The van der Waals surface area contributed by atoms with Gasteiger partial charge in [0.05, 0.1) is 17.6 Å². The van der Waals surface area contributed by atoms with Gasteiger partial charge in [-0.15, -0.1) is 0 Å². The summed E-state index contributed by atoms with van der Waals surface area (Å²) in [6.07, 6.45) is 0.611. The molecular weight excluding hydrogens is 338 g/mol. The van der Waals surface area contributed by atoms with Gasteiger partial charge in [-0.3, -0.25) is 9.59 Å². The second kappa shape index (κ2) is 8.82. The van der Waals surface area contributed by atoms with Gasteiger partial charge in [0.1, 0.15) is 0 Å². The Hall–Kier alpha value is -2.12. The SMILES string of the molecule is CCC(Sc1nc(COC)cc(=O)[nH]1)C(=O)Nc1c(C)cccc1C. The summed E-state index contributed by atoms with van der Waals surface area (Å²) in [5.41, 5.74) is 3.15. The number of hydrogen-bond acceptors (Lipinski definition) is 5. The first kappa shape index (κ1) is 19.2. The standard InChI is InChI=1S/C18H23N3O3S/c1-5-14(17(23)21-16-11(2)7-6-8-12(16)3)25-18-19-13(10-24-4)9-15(22)20-18/h6-9,14H,5,10H2,1-4H3,(H,21,23)(H,19,20,22). The van der Waals surface area contributed by atoms with Crippen LogP contribution in [0.25, 0.3) is 0 Å². The number of hydrogen-bond donors (Lipinski definition) is 2. The van der Waals surface area contributed by atoms with Crippen molar-refractivity contribution in [2.24, 2.45) is 0 Å². The maximum atomic E-state index is 12.7. The molecule has 0 spiro atoms. The van der Waals surface area contributed by atoms with Crippen molar-refractivity contribution in [2.75, 3.05) is 12.4 Å². The number of benzene rings is 1. The Morgan fingerprint density at radius 2 is 2.04 bits per heavy atom. The van der Waals surface area contributed by atoms with Crippen molar-refractivity contribution in [1.29, 1.82) is 0 Å². The largest absolute Gasteiger partial charge is 0.378 e. The fraction of sp³-hybridized carbons (Fsp3) is 0.389. The molecule has 0 bridgehead atoms. The van der Waals surface area contributed by atoms with Gasteiger partial charge < -0.3 is 15.0 Å². The molecule has 0 aliphatic rings. The molecule has 25 heavy (non-hydrogen) atoms. The highest BCUT2D eigenvalue weighted by Crippen LogP contribution is 2.25. The third-order valence-electron chi connectivity index (χ3n) is 3.71. The van der Waals surface area contributed by atoms with Gasteiger partial charge in [-0.25, -0.2) is 4.98 Å². The smallest absolute Gasteiger partial charge is 0.251 e. The molecule has 1 unspecified atom stereocenters. The molecule has 0 fully saturated rings. The average Bonchev–Trinajstić information content (AvgIpc) is 2.55. The van der Waals surface area contributed by atoms with Crippen molar-refractivity contribution in [3.05, 3.63) is 51.4 Å². The molecule has 2 N–H and O–H groups in total. The van der Waals surface area contributed by atoms with Crippen molar-refractivity contribution in [3.63, 3.8) is 0 Å². The number of nitrogens with zero attached hydrogens (tertiary/aromatic N) is 1. The molecule has 0 radical (unpaired) electrons. The van der Waals surface area contributed by atoms with E-state index in [2.05, 4.69) is 15.3 Å². The molecule has 1 heterocycles. The molecule has 0 saturated heterocycles. The molecule has 0 saturated carbocycles. The van der Waals surface area contributed by atoms with E-state index in [4.69, 9.17) is 4.74 Å². The van der Waals surface area contributed by atoms with E-state index < -0.39 is 0 Å². The van der Waals surface area contributed by atoms with Crippen molar-refractivity contribution >= 4 is 23.4 Å². The number of amides is 1. The first-order chi connectivity index (χ1) is 11.9. The van der Waals surface area contributed by atoms with Crippen LogP contribution in [0.4, 0.5) is 5.69 Å². The maximum Gasteiger partial charge on any atom is 0.251 e. The summed E-state index contributed by atoms with van der Waals surface area (Å²) < 4.78 is 5.02. The molecule has 1 aromatic carbocycles. The van der Waals surface area contributed by atoms with Gasteiger partial charge in [-0.1, -0.05) is 36.9 Å². The van der Waals surface area contributed by atoms with Crippen LogP contribution in [0.2, 0.25) is 0 Å². The number of aromatic amines is 1. The predicted molar refractivity (Wildman–Crippen MR) is 100 cm³/mol. The number of methoxy groups -OCH3 is 1. The molecule has 0 aliphatic heterocycles. The van der Waals surface area contributed by atoms with Crippen LogP contribution < -0.4 is 10.9 Å². The lowest BCUT2D eigenvalue weighted by Crippen LogP contribution is -2.26. The number of carbonyl (C=O) groups excluding carboxylic acids is 1. The zero-order valence-corrected chi connectivity index (χ0v) is 15.7. The van der Waals surface area contributed by atoms with Crippen molar-refractivity contribution in [1.82, 2.24) is 9.97 Å². The quantitative estimate of drug-likeness (QED) is 0.585. The summed E-state index contributed by atoms with van der Waals surface area (Å²) in [5.74, 6) is -0.107. The number of H-pyrrole nitrogens is 1. The Kier molecular flexibility index (Phi) is 6.78. The minimum absolute atomic E-state index is 0.107. The second-order valence-electron chi connectivity index (χ2n) is 5.75. The van der Waals surface area contributed by atoms with Crippen LogP contribution in [0.5, 0.6) is 0 Å². The molecule has 1 amide bonds. The van der Waals surface area contributed by atoms with E-state index in [1.165, 1.54) is 17.8 Å². The Bertz CT molecular complexity index is 784. The molecule has 7 heteroatoms. The van der Waals surface area contributed by atoms with Gasteiger partial charge in [0.2, 0.25) is 5.91 Å². The van der Waals surface area contributed by atoms with Crippen molar-refractivity contribution in [2.45, 2.75) is 44.2 Å². The number of ether oxygens (including phenoxy) is 1. The number of para-hydroxylation sites is 1. The summed E-state index contributed by atoms with van der Waals surface area (Å²) in [5, 5.41) is 3.06. The Balaban J connectivity index is 2.17. The number of carbonyl (C=O) groups is 1. The minimum atomic E-state index is -0.361. The van der Waals surface area contributed by atoms with Crippen LogP contribution in [-0.4, -0.2) is 28.2 Å². The number of aryl methyl sites for hydroxylation is 2. The molecule has 2 aromatic rings. The Labute approximate surface area is 151 Å². The fourth-order valence-electron chi connectivity index (χ4n) is 2.43. The zero-order chi connectivity index (χ0) is 18.4. The maximum absolute atomic E-state index is 12.7. The monoisotopic (exact) mass is 361 g/mol. The summed E-state index contributed by atoms with van der Waals surface area (Å²) >= 11 is 1.25. The number of thioether (sulfide) groups is 1. The molecular formula is C18H23N3O3S. The van der Waals surface area contributed by atoms with Crippen LogP contribution in [0.3, 0.4) is 0 Å². The van der Waals surface area contributed by atoms with E-state index in [0.717, 1.165) is 16.8 Å². The molecule has 2 rings (SSSR count). The van der Waals surface area contributed by atoms with Gasteiger partial charge in [-0.2, -0.15) is 0 Å². The van der Waals surface area contributed by atoms with E-state index in [1.807, 2.05) is 39.0 Å². The Morgan fingerprint density at radius 1 is 1.36 bits per heavy atom. The number of rotatable bonds is 7. The van der Waals surface area contributed by atoms with Crippen LogP contribution in [0.15, 0.2) is 34.2 Å². The van der Waals surface area contributed by atoms with Crippen molar-refractivity contribution in [3.8, 4) is 0 Å². The third kappa shape index (κ3) is 5.17. The lowest BCUT2D eigenvalue weighted by Gasteiger charge is -2.17. The summed E-state index contributed by atoms with van der Waals surface area (Å²) in [4.78, 5) is 31.4. The number of anilines is 1. The highest BCUT2D eigenvalue weighted by Gasteiger charge is 2.20. The van der Waals surface area contributed by atoms with Crippen LogP contribution in [0.1, 0.15) is 30.2 Å². The first-order valence-corrected chi connectivity index (χ1v) is 8.95. The predicted octanol–water partition coefficient (Wildman–Crippen LogP) is 3.04. The van der Waals surface area contributed by atoms with Gasteiger partial charge >= 0.3 is 0 Å². The van der Waals surface area contributed by atoms with Gasteiger partial charge in [0.25, 0.3) is 5.56 Å². The van der Waals surface area contributed by atoms with E-state index in [0.29, 0.717) is 17.3 Å². The summed E-state index contributed by atoms with van der Waals surface area (Å²) in [6.45, 7) is 6.11. The van der Waals surface area contributed by atoms with Crippen molar-refractivity contribution < 1.29 is 9.53 Å². The average molecular weight is 361 g/mol. The number of aromatic nitrogens is 2. The second-order valence-corrected chi connectivity index (χ2v) is 6.94. The summed E-state index contributed by atoms with van der Waals surface area (Å²) in [7, 11) is 1.54. The molecule has 1 atom stereocenters. The lowest BCUT2D eigenvalue weighted by atomic mass is 10.1. The molecule has 6 nitrogen and oxygen atoms in total. The van der Waals surface area contributed by atoms with E-state index in [-0.39, 0.29) is 23.3 Å². The fourth-order valence-corrected chi connectivity index (χ4v) is 3.37. The van der Waals surface area contributed by atoms with Crippen LogP contribution >= 0.6 is 11.8 Å². The van der Waals surface area contributed by atoms with Crippen LogP contribution in [-0.2, 0) is 16.1 Å². The van der Waals surface area contributed by atoms with Gasteiger partial charge in [0, 0.05) is 18.9 Å². The topological polar surface area (TPSA) is 84.1 Å². The van der Waals surface area contributed by atoms with Gasteiger partial charge in [-0.05, 0) is 31.4 Å². The molecule has 0 aliphatic carbocycles. The highest BCUT2D eigenvalue weighted by molar-refractivity contribution is 8.00. The zero-order valence-electron chi connectivity index (χ0n) is 14.9. The van der Waals surface area contributed by atoms with E-state index in [9.17, 15) is 9.59 Å². The lowest BCUT2D eigenvalue weighted by molar-refractivity contribution is -0.115.